The molecule has 1 aromatic carbocycles. The number of para-hydroxylation sites is 1. The summed E-state index contributed by atoms with van der Waals surface area (Å²) in [5, 5.41) is 1.05. The molecule has 24 heavy (non-hydrogen) atoms. The first-order valence-electron chi connectivity index (χ1n) is 8.42. The number of hydrogen-bond donors (Lipinski definition) is 0. The lowest BCUT2D eigenvalue weighted by Gasteiger charge is -2.14. The molecule has 0 atom stereocenters. The molecule has 0 saturated carbocycles. The van der Waals surface area contributed by atoms with Crippen molar-refractivity contribution < 1.29 is 4.74 Å². The molecule has 3 aromatic rings. The lowest BCUT2D eigenvalue weighted by molar-refractivity contribution is 0.321. The number of aryl methyl sites for hydroxylation is 2. The molecule has 1 aliphatic rings. The van der Waals surface area contributed by atoms with Gasteiger partial charge in [0.2, 0.25) is 5.88 Å². The Morgan fingerprint density at radius 2 is 1.83 bits per heavy atom. The number of rotatable bonds is 4. The van der Waals surface area contributed by atoms with E-state index in [9.17, 15) is 0 Å². The minimum Gasteiger partial charge on any atom is -0.438 e. The van der Waals surface area contributed by atoms with E-state index in [0.717, 1.165) is 41.4 Å². The number of ether oxygens (including phenoxy) is 1. The van der Waals surface area contributed by atoms with Gasteiger partial charge >= 0.3 is 0 Å². The highest BCUT2D eigenvalue weighted by atomic mass is 32.1. The van der Waals surface area contributed by atoms with Crippen LogP contribution in [-0.4, -0.2) is 28.0 Å². The second kappa shape index (κ2) is 6.49. The fraction of sp³-hybridized carbons (Fsp3) is 0.368. The Morgan fingerprint density at radius 1 is 1.08 bits per heavy atom. The van der Waals surface area contributed by atoms with Gasteiger partial charge in [0.1, 0.15) is 16.4 Å². The third-order valence-corrected chi connectivity index (χ3v) is 5.66. The normalized spacial score (nSPS) is 15.2. The second-order valence-corrected chi connectivity index (χ2v) is 7.51. The third-order valence-electron chi connectivity index (χ3n) is 4.56. The monoisotopic (exact) mass is 339 g/mol. The largest absolute Gasteiger partial charge is 0.438 e. The van der Waals surface area contributed by atoms with Crippen LogP contribution in [0.25, 0.3) is 10.2 Å². The van der Waals surface area contributed by atoms with Crippen LogP contribution in [-0.2, 0) is 6.54 Å². The number of benzene rings is 1. The molecular weight excluding hydrogens is 318 g/mol. The van der Waals surface area contributed by atoms with Crippen molar-refractivity contribution in [1.82, 2.24) is 14.9 Å². The van der Waals surface area contributed by atoms with Gasteiger partial charge in [0.25, 0.3) is 0 Å². The molecule has 124 valence electrons. The summed E-state index contributed by atoms with van der Waals surface area (Å²) >= 11 is 1.73. The first-order chi connectivity index (χ1) is 11.7. The van der Waals surface area contributed by atoms with E-state index in [0.29, 0.717) is 5.88 Å². The van der Waals surface area contributed by atoms with E-state index in [1.165, 1.54) is 23.3 Å². The molecule has 2 aromatic heterocycles. The van der Waals surface area contributed by atoms with Gasteiger partial charge in [0.15, 0.2) is 0 Å². The maximum atomic E-state index is 6.13. The van der Waals surface area contributed by atoms with Gasteiger partial charge < -0.3 is 4.74 Å². The summed E-state index contributed by atoms with van der Waals surface area (Å²) in [6, 6.07) is 9.86. The standard InChI is InChI=1S/C19H21N3OS/c1-13-14(2)24-19-17(13)18(23-15-8-4-3-5-9-15)20-16(21-19)12-22-10-6-7-11-22/h3-5,8-9H,6-7,10-12H2,1-2H3. The van der Waals surface area contributed by atoms with Gasteiger partial charge in [-0.05, 0) is 57.5 Å². The zero-order chi connectivity index (χ0) is 16.5. The molecule has 4 rings (SSSR count). The topological polar surface area (TPSA) is 38.2 Å². The first-order valence-corrected chi connectivity index (χ1v) is 9.24. The maximum absolute atomic E-state index is 6.13. The van der Waals surface area contributed by atoms with Crippen LogP contribution in [0.15, 0.2) is 30.3 Å². The molecule has 1 saturated heterocycles. The molecule has 3 heterocycles. The fourth-order valence-electron chi connectivity index (χ4n) is 3.14. The van der Waals surface area contributed by atoms with Crippen LogP contribution in [0.3, 0.4) is 0 Å². The Morgan fingerprint density at radius 3 is 2.58 bits per heavy atom. The zero-order valence-electron chi connectivity index (χ0n) is 14.1. The smallest absolute Gasteiger partial charge is 0.231 e. The van der Waals surface area contributed by atoms with E-state index in [2.05, 4.69) is 18.7 Å². The van der Waals surface area contributed by atoms with Gasteiger partial charge in [-0.25, -0.2) is 4.98 Å². The Kier molecular flexibility index (Phi) is 4.21. The highest BCUT2D eigenvalue weighted by Gasteiger charge is 2.19. The van der Waals surface area contributed by atoms with Crippen LogP contribution in [0, 0.1) is 13.8 Å². The minimum atomic E-state index is 0.683. The van der Waals surface area contributed by atoms with E-state index in [4.69, 9.17) is 14.7 Å². The summed E-state index contributed by atoms with van der Waals surface area (Å²) in [4.78, 5) is 14.3. The number of aromatic nitrogens is 2. The molecule has 0 aliphatic carbocycles. The summed E-state index contributed by atoms with van der Waals surface area (Å²) < 4.78 is 6.13. The first kappa shape index (κ1) is 15.5. The van der Waals surface area contributed by atoms with Gasteiger partial charge in [-0.3, -0.25) is 4.90 Å². The molecular formula is C19H21N3OS. The number of nitrogens with zero attached hydrogens (tertiary/aromatic N) is 3. The summed E-state index contributed by atoms with van der Waals surface area (Å²) in [7, 11) is 0. The molecule has 0 N–H and O–H groups in total. The SMILES string of the molecule is Cc1sc2nc(CN3CCCC3)nc(Oc3ccccc3)c2c1C. The van der Waals surface area contributed by atoms with Crippen molar-refractivity contribution in [2.45, 2.75) is 33.2 Å². The number of thiophene rings is 1. The molecule has 0 spiro atoms. The molecule has 0 bridgehead atoms. The van der Waals surface area contributed by atoms with Crippen LogP contribution >= 0.6 is 11.3 Å². The van der Waals surface area contributed by atoms with E-state index in [1.807, 2.05) is 30.3 Å². The van der Waals surface area contributed by atoms with E-state index in [-0.39, 0.29) is 0 Å². The average molecular weight is 339 g/mol. The predicted octanol–water partition coefficient (Wildman–Crippen LogP) is 4.70. The lowest BCUT2D eigenvalue weighted by atomic mass is 10.2. The average Bonchev–Trinajstić information content (AvgIpc) is 3.17. The van der Waals surface area contributed by atoms with Crippen LogP contribution in [0.1, 0.15) is 29.1 Å². The van der Waals surface area contributed by atoms with Crippen LogP contribution in [0.2, 0.25) is 0 Å². The van der Waals surface area contributed by atoms with Crippen molar-refractivity contribution in [3.63, 3.8) is 0 Å². The van der Waals surface area contributed by atoms with E-state index >= 15 is 0 Å². The molecule has 1 fully saturated rings. The maximum Gasteiger partial charge on any atom is 0.231 e. The minimum absolute atomic E-state index is 0.683. The Labute approximate surface area is 146 Å². The van der Waals surface area contributed by atoms with Crippen LogP contribution in [0.4, 0.5) is 0 Å². The molecule has 0 amide bonds. The van der Waals surface area contributed by atoms with E-state index in [1.54, 1.807) is 11.3 Å². The Hall–Kier alpha value is -1.98. The second-order valence-electron chi connectivity index (χ2n) is 6.31. The summed E-state index contributed by atoms with van der Waals surface area (Å²) in [5.41, 5.74) is 1.22. The van der Waals surface area contributed by atoms with Crippen molar-refractivity contribution in [3.05, 3.63) is 46.6 Å². The molecule has 5 heteroatoms. The van der Waals surface area contributed by atoms with Gasteiger partial charge in [-0.15, -0.1) is 11.3 Å². The van der Waals surface area contributed by atoms with Gasteiger partial charge in [0.05, 0.1) is 11.9 Å². The highest BCUT2D eigenvalue weighted by Crippen LogP contribution is 2.36. The Bertz CT molecular complexity index is 854. The number of fused-ring (bicyclic) bond motifs is 1. The lowest BCUT2D eigenvalue weighted by Crippen LogP contribution is -2.20. The zero-order valence-corrected chi connectivity index (χ0v) is 14.9. The molecule has 0 radical (unpaired) electrons. The van der Waals surface area contributed by atoms with Gasteiger partial charge in [-0.2, -0.15) is 4.98 Å². The van der Waals surface area contributed by atoms with Crippen molar-refractivity contribution in [3.8, 4) is 11.6 Å². The summed E-state index contributed by atoms with van der Waals surface area (Å²) in [6.07, 6.45) is 2.54. The number of likely N-dealkylation sites (tertiary alicyclic amines) is 1. The van der Waals surface area contributed by atoms with Crippen molar-refractivity contribution in [2.75, 3.05) is 13.1 Å². The molecule has 1 aliphatic heterocycles. The Balaban J connectivity index is 1.76. The van der Waals surface area contributed by atoms with Crippen LogP contribution < -0.4 is 4.74 Å². The molecule has 0 unspecified atom stereocenters. The summed E-state index contributed by atoms with van der Waals surface area (Å²) in [5.74, 6) is 2.35. The summed E-state index contributed by atoms with van der Waals surface area (Å²) in [6.45, 7) is 7.33. The van der Waals surface area contributed by atoms with Crippen molar-refractivity contribution in [2.24, 2.45) is 0 Å². The molecule has 4 nitrogen and oxygen atoms in total. The fourth-order valence-corrected chi connectivity index (χ4v) is 4.18. The number of hydrogen-bond acceptors (Lipinski definition) is 5. The van der Waals surface area contributed by atoms with Crippen molar-refractivity contribution in [1.29, 1.82) is 0 Å². The highest BCUT2D eigenvalue weighted by molar-refractivity contribution is 7.18. The van der Waals surface area contributed by atoms with Crippen LogP contribution in [0.5, 0.6) is 11.6 Å². The quantitative estimate of drug-likeness (QED) is 0.691. The predicted molar refractivity (Wildman–Crippen MR) is 97.9 cm³/mol. The van der Waals surface area contributed by atoms with Gasteiger partial charge in [-0.1, -0.05) is 18.2 Å². The van der Waals surface area contributed by atoms with Gasteiger partial charge in [0, 0.05) is 4.88 Å². The third kappa shape index (κ3) is 3.01. The van der Waals surface area contributed by atoms with E-state index < -0.39 is 0 Å². The van der Waals surface area contributed by atoms with Crippen molar-refractivity contribution >= 4 is 21.6 Å².